The molecule has 0 saturated carbocycles. The van der Waals surface area contributed by atoms with Crippen LogP contribution in [0.3, 0.4) is 0 Å². The number of Topliss-reactive ketones (excluding diaryl/α,β-unsaturated/α-hetero) is 1. The summed E-state index contributed by atoms with van der Waals surface area (Å²) in [5, 5.41) is 9.37. The van der Waals surface area contributed by atoms with Crippen molar-refractivity contribution in [2.45, 2.75) is 18.6 Å². The zero-order valence-corrected chi connectivity index (χ0v) is 9.21. The molecule has 0 heterocycles. The van der Waals surface area contributed by atoms with Gasteiger partial charge < -0.3 is 0 Å². The summed E-state index contributed by atoms with van der Waals surface area (Å²) in [5.41, 5.74) is 0. The number of carbonyl (C=O) groups excluding carboxylic acids is 2. The molecule has 0 aliphatic heterocycles. The van der Waals surface area contributed by atoms with Crippen LogP contribution in [0.2, 0.25) is 5.21 Å². The number of nitrogens with zero attached hydrogens (tertiary/aromatic N) is 1. The van der Waals surface area contributed by atoms with Crippen LogP contribution in [0.4, 0.5) is 0 Å². The normalized spacial score (nSPS) is 10.2. The molecule has 13 heavy (non-hydrogen) atoms. The van der Waals surface area contributed by atoms with E-state index in [-0.39, 0.29) is 11.2 Å². The maximum atomic E-state index is 10.8. The number of ketones is 1. The van der Waals surface area contributed by atoms with Crippen molar-refractivity contribution in [2.24, 2.45) is 0 Å². The minimum atomic E-state index is -0.929. The van der Waals surface area contributed by atoms with Gasteiger partial charge >= 0.3 is 80.9 Å². The van der Waals surface area contributed by atoms with Crippen LogP contribution in [0.15, 0.2) is 0 Å². The number of carbonyl (C=O) groups is 2. The topological polar surface area (TPSA) is 86.5 Å². The summed E-state index contributed by atoms with van der Waals surface area (Å²) >= 11 is -0.929. The Hall–Kier alpha value is -0.902. The van der Waals surface area contributed by atoms with Crippen molar-refractivity contribution in [1.82, 2.24) is 0 Å². The van der Waals surface area contributed by atoms with Gasteiger partial charge in [0.2, 0.25) is 0 Å². The molecule has 0 aromatic rings. The summed E-state index contributed by atoms with van der Waals surface area (Å²) < 4.78 is -0.318. The molecule has 74 valence electrons. The third-order valence-electron chi connectivity index (χ3n) is 1.12. The standard InChI is InChI=1S/C6H10AsNO5/c1-5(9)6(10)7-3-2-4-13-8(11)12/h7H,2-4H2,1H3. The van der Waals surface area contributed by atoms with Gasteiger partial charge in [-0.1, -0.05) is 0 Å². The van der Waals surface area contributed by atoms with Gasteiger partial charge in [0.15, 0.2) is 0 Å². The van der Waals surface area contributed by atoms with E-state index in [2.05, 4.69) is 4.84 Å². The molecule has 0 fully saturated rings. The molecule has 0 aliphatic rings. The molecule has 7 heteroatoms. The van der Waals surface area contributed by atoms with Gasteiger partial charge in [0, 0.05) is 0 Å². The molecular formula is C6H10AsNO5. The van der Waals surface area contributed by atoms with Crippen LogP contribution in [0.1, 0.15) is 13.3 Å². The second-order valence-corrected chi connectivity index (χ2v) is 4.97. The molecule has 1 atom stereocenters. The van der Waals surface area contributed by atoms with Crippen LogP contribution in [-0.2, 0) is 14.4 Å². The van der Waals surface area contributed by atoms with Crippen LogP contribution in [0, 0.1) is 10.1 Å². The van der Waals surface area contributed by atoms with Crippen molar-refractivity contribution in [3.63, 3.8) is 0 Å². The van der Waals surface area contributed by atoms with Crippen molar-refractivity contribution in [3.8, 4) is 0 Å². The van der Waals surface area contributed by atoms with Crippen molar-refractivity contribution in [1.29, 1.82) is 0 Å². The van der Waals surface area contributed by atoms with Crippen molar-refractivity contribution in [2.75, 3.05) is 6.61 Å². The first-order valence-electron chi connectivity index (χ1n) is 3.60. The van der Waals surface area contributed by atoms with E-state index in [1.165, 1.54) is 6.92 Å². The zero-order chi connectivity index (χ0) is 10.3. The Morgan fingerprint density at radius 3 is 2.62 bits per heavy atom. The fraction of sp³-hybridized carbons (Fsp3) is 0.667. The van der Waals surface area contributed by atoms with E-state index < -0.39 is 26.6 Å². The average molecular weight is 251 g/mol. The van der Waals surface area contributed by atoms with E-state index in [0.717, 1.165) is 0 Å². The van der Waals surface area contributed by atoms with Gasteiger partial charge in [-0.25, -0.2) is 0 Å². The van der Waals surface area contributed by atoms with Gasteiger partial charge in [-0.2, -0.15) is 0 Å². The summed E-state index contributed by atoms with van der Waals surface area (Å²) in [7, 11) is 0. The summed E-state index contributed by atoms with van der Waals surface area (Å²) in [6.45, 7) is 1.24. The molecule has 0 bridgehead atoms. The first-order chi connectivity index (χ1) is 6.04. The summed E-state index contributed by atoms with van der Waals surface area (Å²) in [6, 6.07) is 0. The first kappa shape index (κ1) is 12.1. The van der Waals surface area contributed by atoms with Gasteiger partial charge in [0.1, 0.15) is 0 Å². The maximum absolute atomic E-state index is 10.8. The molecule has 0 aliphatic carbocycles. The third-order valence-corrected chi connectivity index (χ3v) is 3.80. The van der Waals surface area contributed by atoms with E-state index in [0.29, 0.717) is 11.6 Å². The molecule has 6 nitrogen and oxygen atoms in total. The van der Waals surface area contributed by atoms with Crippen LogP contribution in [0.25, 0.3) is 0 Å². The predicted octanol–water partition coefficient (Wildman–Crippen LogP) is -0.445. The van der Waals surface area contributed by atoms with Crippen LogP contribution >= 0.6 is 0 Å². The number of hydrogen-bond acceptors (Lipinski definition) is 5. The Morgan fingerprint density at radius 1 is 1.54 bits per heavy atom. The zero-order valence-electron chi connectivity index (χ0n) is 7.11. The van der Waals surface area contributed by atoms with Gasteiger partial charge in [0.05, 0.1) is 0 Å². The summed E-state index contributed by atoms with van der Waals surface area (Å²) in [5.74, 6) is -0.421. The predicted molar refractivity (Wildman–Crippen MR) is 45.2 cm³/mol. The minimum absolute atomic E-state index is 0.00167. The van der Waals surface area contributed by atoms with Crippen LogP contribution < -0.4 is 0 Å². The SMILES string of the molecule is CC(=O)C(=O)[AsH]CCCO[N+](=O)[O-]. The van der Waals surface area contributed by atoms with E-state index >= 15 is 0 Å². The molecule has 1 unspecified atom stereocenters. The van der Waals surface area contributed by atoms with Crippen molar-refractivity contribution < 1.29 is 19.5 Å². The summed E-state index contributed by atoms with van der Waals surface area (Å²) in [6.07, 6.45) is 0.458. The molecule has 0 rings (SSSR count). The first-order valence-corrected chi connectivity index (χ1v) is 6.13. The fourth-order valence-electron chi connectivity index (χ4n) is 0.538. The Balaban J connectivity index is 3.31. The molecular weight excluding hydrogens is 241 g/mol. The van der Waals surface area contributed by atoms with E-state index in [1.54, 1.807) is 0 Å². The second kappa shape index (κ2) is 6.60. The molecule has 0 saturated heterocycles. The Morgan fingerprint density at radius 2 is 2.15 bits per heavy atom. The molecule has 0 N–H and O–H groups in total. The molecule has 0 amide bonds. The fourth-order valence-corrected chi connectivity index (χ4v) is 2.21. The van der Waals surface area contributed by atoms with Gasteiger partial charge in [0.25, 0.3) is 0 Å². The molecule has 0 aromatic carbocycles. The van der Waals surface area contributed by atoms with Gasteiger partial charge in [-0.3, -0.25) is 0 Å². The van der Waals surface area contributed by atoms with Gasteiger partial charge in [-0.15, -0.1) is 0 Å². The molecule has 0 radical (unpaired) electrons. The van der Waals surface area contributed by atoms with Gasteiger partial charge in [-0.05, 0) is 0 Å². The number of rotatable bonds is 7. The summed E-state index contributed by atoms with van der Waals surface area (Å²) in [4.78, 5) is 34.9. The van der Waals surface area contributed by atoms with E-state index in [1.807, 2.05) is 0 Å². The Kier molecular flexibility index (Phi) is 6.14. The third kappa shape index (κ3) is 7.46. The monoisotopic (exact) mass is 251 g/mol. The van der Waals surface area contributed by atoms with E-state index in [4.69, 9.17) is 0 Å². The van der Waals surface area contributed by atoms with Crippen molar-refractivity contribution in [3.05, 3.63) is 10.1 Å². The van der Waals surface area contributed by atoms with Crippen LogP contribution in [0.5, 0.6) is 0 Å². The Labute approximate surface area is 81.4 Å². The number of hydrogen-bond donors (Lipinski definition) is 0. The average Bonchev–Trinajstić information content (AvgIpc) is 2.02. The van der Waals surface area contributed by atoms with Crippen molar-refractivity contribution >= 4 is 26.1 Å². The molecule has 0 aromatic heterocycles. The van der Waals surface area contributed by atoms with Crippen LogP contribution in [-0.4, -0.2) is 37.8 Å². The van der Waals surface area contributed by atoms with E-state index in [9.17, 15) is 19.7 Å². The second-order valence-electron chi connectivity index (χ2n) is 2.22. The molecule has 0 spiro atoms. The Bertz CT molecular complexity index is 217. The quantitative estimate of drug-likeness (QED) is 0.201.